The maximum absolute atomic E-state index is 11.2. The van der Waals surface area contributed by atoms with Crippen LogP contribution in [0.2, 0.25) is 0 Å². The van der Waals surface area contributed by atoms with Crippen LogP contribution in [0.25, 0.3) is 0 Å². The van der Waals surface area contributed by atoms with Gasteiger partial charge in [0.25, 0.3) is 0 Å². The number of rotatable bonds is 2. The molecule has 1 saturated carbocycles. The highest BCUT2D eigenvalue weighted by Crippen LogP contribution is 2.30. The lowest BCUT2D eigenvalue weighted by Gasteiger charge is -2.25. The molecule has 2 unspecified atom stereocenters. The molecule has 2 atom stereocenters. The van der Waals surface area contributed by atoms with E-state index in [2.05, 4.69) is 15.9 Å². The Balaban J connectivity index is 2.40. The minimum atomic E-state index is -0.0272. The first-order chi connectivity index (χ1) is 5.77. The third-order valence-electron chi connectivity index (χ3n) is 2.54. The van der Waals surface area contributed by atoms with Gasteiger partial charge >= 0.3 is 5.97 Å². The first kappa shape index (κ1) is 10.0. The first-order valence-corrected chi connectivity index (χ1v) is 5.54. The molecule has 0 bridgehead atoms. The summed E-state index contributed by atoms with van der Waals surface area (Å²) in [7, 11) is 1.47. The van der Waals surface area contributed by atoms with Gasteiger partial charge in [-0.1, -0.05) is 22.4 Å². The lowest BCUT2D eigenvalue weighted by atomic mass is 9.82. The van der Waals surface area contributed by atoms with E-state index < -0.39 is 0 Å². The van der Waals surface area contributed by atoms with Gasteiger partial charge in [0.1, 0.15) is 0 Å². The normalized spacial score (nSPS) is 29.8. The number of halogens is 1. The summed E-state index contributed by atoms with van der Waals surface area (Å²) in [4.78, 5) is 11.2. The van der Waals surface area contributed by atoms with Crippen LogP contribution >= 0.6 is 15.9 Å². The maximum atomic E-state index is 11.2. The van der Waals surface area contributed by atoms with Gasteiger partial charge in [-0.05, 0) is 25.2 Å². The Morgan fingerprint density at radius 2 is 2.33 bits per heavy atom. The molecule has 0 amide bonds. The van der Waals surface area contributed by atoms with E-state index in [-0.39, 0.29) is 11.9 Å². The molecule has 2 nitrogen and oxygen atoms in total. The molecule has 70 valence electrons. The van der Waals surface area contributed by atoms with Crippen LogP contribution in [0.4, 0.5) is 0 Å². The SMILES string of the molecule is COC(=O)C1CCCC(CBr)C1. The minimum absolute atomic E-state index is 0.0272. The molecule has 12 heavy (non-hydrogen) atoms. The van der Waals surface area contributed by atoms with Crippen molar-refractivity contribution < 1.29 is 9.53 Å². The fourth-order valence-electron chi connectivity index (χ4n) is 1.81. The van der Waals surface area contributed by atoms with E-state index in [1.54, 1.807) is 0 Å². The first-order valence-electron chi connectivity index (χ1n) is 4.41. The largest absolute Gasteiger partial charge is 0.469 e. The molecule has 0 spiro atoms. The third kappa shape index (κ3) is 2.47. The monoisotopic (exact) mass is 234 g/mol. The Morgan fingerprint density at radius 3 is 2.92 bits per heavy atom. The van der Waals surface area contributed by atoms with E-state index in [0.717, 1.165) is 24.6 Å². The molecule has 1 aliphatic rings. The predicted octanol–water partition coefficient (Wildman–Crippen LogP) is 2.36. The zero-order chi connectivity index (χ0) is 8.97. The molecular weight excluding hydrogens is 220 g/mol. The van der Waals surface area contributed by atoms with Gasteiger partial charge in [-0.25, -0.2) is 0 Å². The number of hydrogen-bond acceptors (Lipinski definition) is 2. The van der Waals surface area contributed by atoms with E-state index in [1.807, 2.05) is 0 Å². The third-order valence-corrected chi connectivity index (χ3v) is 3.45. The van der Waals surface area contributed by atoms with E-state index >= 15 is 0 Å². The molecule has 0 radical (unpaired) electrons. The van der Waals surface area contributed by atoms with Crippen LogP contribution in [0.1, 0.15) is 25.7 Å². The molecule has 0 aromatic carbocycles. The summed E-state index contributed by atoms with van der Waals surface area (Å²) in [6.07, 6.45) is 4.42. The molecular formula is C9H15BrO2. The number of carbonyl (C=O) groups is 1. The highest BCUT2D eigenvalue weighted by molar-refractivity contribution is 9.09. The number of esters is 1. The van der Waals surface area contributed by atoms with E-state index in [1.165, 1.54) is 13.5 Å². The number of alkyl halides is 1. The number of carbonyl (C=O) groups excluding carboxylic acids is 1. The number of methoxy groups -OCH3 is 1. The lowest BCUT2D eigenvalue weighted by molar-refractivity contribution is -0.147. The summed E-state index contributed by atoms with van der Waals surface area (Å²) >= 11 is 3.46. The van der Waals surface area contributed by atoms with Crippen molar-refractivity contribution in [1.29, 1.82) is 0 Å². The zero-order valence-corrected chi connectivity index (χ0v) is 8.97. The Labute approximate surface area is 81.8 Å². The van der Waals surface area contributed by atoms with Crippen molar-refractivity contribution in [1.82, 2.24) is 0 Å². The molecule has 0 heterocycles. The fraction of sp³-hybridized carbons (Fsp3) is 0.889. The second-order valence-corrected chi connectivity index (χ2v) is 4.05. The lowest BCUT2D eigenvalue weighted by Crippen LogP contribution is -2.24. The van der Waals surface area contributed by atoms with E-state index in [0.29, 0.717) is 5.92 Å². The van der Waals surface area contributed by atoms with Crippen molar-refractivity contribution in [2.24, 2.45) is 11.8 Å². The molecule has 0 saturated heterocycles. The second-order valence-electron chi connectivity index (χ2n) is 3.41. The van der Waals surface area contributed by atoms with Gasteiger partial charge < -0.3 is 4.74 Å². The summed E-state index contributed by atoms with van der Waals surface area (Å²) < 4.78 is 4.73. The van der Waals surface area contributed by atoms with Crippen molar-refractivity contribution >= 4 is 21.9 Å². The summed E-state index contributed by atoms with van der Waals surface area (Å²) in [5.74, 6) is 0.801. The van der Waals surface area contributed by atoms with Crippen molar-refractivity contribution in [2.45, 2.75) is 25.7 Å². The highest BCUT2D eigenvalue weighted by Gasteiger charge is 2.26. The average molecular weight is 235 g/mol. The van der Waals surface area contributed by atoms with Crippen LogP contribution in [-0.4, -0.2) is 18.4 Å². The smallest absolute Gasteiger partial charge is 0.308 e. The van der Waals surface area contributed by atoms with Crippen molar-refractivity contribution in [3.05, 3.63) is 0 Å². The quantitative estimate of drug-likeness (QED) is 0.542. The van der Waals surface area contributed by atoms with Gasteiger partial charge in [0, 0.05) is 5.33 Å². The minimum Gasteiger partial charge on any atom is -0.469 e. The number of hydrogen-bond donors (Lipinski definition) is 0. The fourth-order valence-corrected chi connectivity index (χ4v) is 2.40. The van der Waals surface area contributed by atoms with Crippen molar-refractivity contribution in [3.63, 3.8) is 0 Å². The van der Waals surface area contributed by atoms with Crippen molar-refractivity contribution in [3.8, 4) is 0 Å². The molecule has 0 aromatic rings. The Morgan fingerprint density at radius 1 is 1.58 bits per heavy atom. The Hall–Kier alpha value is -0.0500. The molecule has 0 aromatic heterocycles. The number of ether oxygens (including phenoxy) is 1. The summed E-state index contributed by atoms with van der Waals surface area (Å²) in [6.45, 7) is 0. The average Bonchev–Trinajstić information content (AvgIpc) is 2.17. The molecule has 0 aliphatic heterocycles. The van der Waals surface area contributed by atoms with Gasteiger partial charge in [0.15, 0.2) is 0 Å². The Kier molecular flexibility index (Phi) is 4.06. The van der Waals surface area contributed by atoms with E-state index in [4.69, 9.17) is 4.74 Å². The van der Waals surface area contributed by atoms with Gasteiger partial charge in [-0.3, -0.25) is 4.79 Å². The van der Waals surface area contributed by atoms with Gasteiger partial charge in [-0.2, -0.15) is 0 Å². The molecule has 3 heteroatoms. The van der Waals surface area contributed by atoms with Crippen LogP contribution in [0.3, 0.4) is 0 Å². The summed E-state index contributed by atoms with van der Waals surface area (Å²) in [5, 5.41) is 1.01. The summed E-state index contributed by atoms with van der Waals surface area (Å²) in [6, 6.07) is 0. The van der Waals surface area contributed by atoms with Crippen LogP contribution in [-0.2, 0) is 9.53 Å². The highest BCUT2D eigenvalue weighted by atomic mass is 79.9. The van der Waals surface area contributed by atoms with Gasteiger partial charge in [0.2, 0.25) is 0 Å². The van der Waals surface area contributed by atoms with Crippen LogP contribution < -0.4 is 0 Å². The molecule has 1 fully saturated rings. The zero-order valence-electron chi connectivity index (χ0n) is 7.38. The van der Waals surface area contributed by atoms with Crippen LogP contribution in [0.5, 0.6) is 0 Å². The molecule has 1 rings (SSSR count). The topological polar surface area (TPSA) is 26.3 Å². The predicted molar refractivity (Wildman–Crippen MR) is 51.3 cm³/mol. The maximum Gasteiger partial charge on any atom is 0.308 e. The standard InChI is InChI=1S/C9H15BrO2/c1-12-9(11)8-4-2-3-7(5-8)6-10/h7-8H,2-6H2,1H3. The van der Waals surface area contributed by atoms with Crippen LogP contribution in [0, 0.1) is 11.8 Å². The molecule has 1 aliphatic carbocycles. The Bertz CT molecular complexity index is 159. The molecule has 0 N–H and O–H groups in total. The van der Waals surface area contributed by atoms with Crippen molar-refractivity contribution in [2.75, 3.05) is 12.4 Å². The second kappa shape index (κ2) is 4.85. The van der Waals surface area contributed by atoms with Crippen LogP contribution in [0.15, 0.2) is 0 Å². The van der Waals surface area contributed by atoms with E-state index in [9.17, 15) is 4.79 Å². The van der Waals surface area contributed by atoms with Gasteiger partial charge in [0.05, 0.1) is 13.0 Å². The summed E-state index contributed by atoms with van der Waals surface area (Å²) in [5.41, 5.74) is 0. The van der Waals surface area contributed by atoms with Gasteiger partial charge in [-0.15, -0.1) is 0 Å².